The van der Waals surface area contributed by atoms with E-state index in [1.165, 1.54) is 0 Å². The molecule has 0 unspecified atom stereocenters. The second kappa shape index (κ2) is 4.13. The minimum Gasteiger partial charge on any atom is -0.365 e. The van der Waals surface area contributed by atoms with E-state index in [9.17, 15) is 17.2 Å². The Balaban J connectivity index is 3.48. The van der Waals surface area contributed by atoms with Gasteiger partial charge in [-0.3, -0.25) is 0 Å². The van der Waals surface area contributed by atoms with Gasteiger partial charge in [-0.2, -0.15) is 0 Å². The van der Waals surface area contributed by atoms with E-state index < -0.39 is 28.1 Å². The monoisotopic (exact) mass is 202 g/mol. The van der Waals surface area contributed by atoms with Crippen LogP contribution in [0.2, 0.25) is 0 Å². The lowest BCUT2D eigenvalue weighted by Crippen LogP contribution is -2.15. The second-order valence-electron chi connectivity index (χ2n) is 2.77. The lowest BCUT2D eigenvalue weighted by molar-refractivity contribution is -0.0111. The molecule has 0 aliphatic rings. The summed E-state index contributed by atoms with van der Waals surface area (Å²) in [6.07, 6.45) is 0.527. The molecule has 0 fully saturated rings. The topological polar surface area (TPSA) is 43.4 Å². The van der Waals surface area contributed by atoms with Crippen LogP contribution in [-0.2, 0) is 14.6 Å². The molecule has 0 aliphatic carbocycles. The van der Waals surface area contributed by atoms with Crippen LogP contribution in [0.25, 0.3) is 0 Å². The van der Waals surface area contributed by atoms with Gasteiger partial charge in [0, 0.05) is 12.7 Å². The summed E-state index contributed by atoms with van der Waals surface area (Å²) in [5.74, 6) is -3.29. The highest BCUT2D eigenvalue weighted by molar-refractivity contribution is 7.90. The summed E-state index contributed by atoms with van der Waals surface area (Å²) < 4.78 is 49.6. The van der Waals surface area contributed by atoms with Gasteiger partial charge in [-0.25, -0.2) is 17.2 Å². The summed E-state index contributed by atoms with van der Waals surface area (Å²) in [5, 5.41) is 0. The predicted octanol–water partition coefficient (Wildman–Crippen LogP) is 1.05. The van der Waals surface area contributed by atoms with E-state index in [1.807, 2.05) is 0 Å². The molecule has 0 saturated carbocycles. The molecule has 0 radical (unpaired) electrons. The molecule has 0 N–H and O–H groups in total. The third kappa shape index (κ3) is 9.77. The zero-order chi connectivity index (χ0) is 9.83. The van der Waals surface area contributed by atoms with Crippen LogP contribution in [0, 0.1) is 0 Å². The van der Waals surface area contributed by atoms with Gasteiger partial charge >= 0.3 is 0 Å². The molecule has 0 aliphatic heterocycles. The molecule has 6 heteroatoms. The minimum absolute atomic E-state index is 0.240. The zero-order valence-corrected chi connectivity index (χ0v) is 7.83. The molecule has 74 valence electrons. The van der Waals surface area contributed by atoms with Gasteiger partial charge in [-0.1, -0.05) is 0 Å². The van der Waals surface area contributed by atoms with Crippen LogP contribution in [0.4, 0.5) is 8.78 Å². The largest absolute Gasteiger partial charge is 0.365 e. The van der Waals surface area contributed by atoms with Crippen LogP contribution in [0.3, 0.4) is 0 Å². The van der Waals surface area contributed by atoms with E-state index in [2.05, 4.69) is 4.74 Å². The quantitative estimate of drug-likeness (QED) is 0.626. The van der Waals surface area contributed by atoms with Crippen molar-refractivity contribution in [1.29, 1.82) is 0 Å². The van der Waals surface area contributed by atoms with Gasteiger partial charge in [-0.15, -0.1) is 0 Å². The van der Waals surface area contributed by atoms with Gasteiger partial charge in [0.2, 0.25) is 5.92 Å². The smallest absolute Gasteiger partial charge is 0.247 e. The van der Waals surface area contributed by atoms with Gasteiger partial charge in [0.1, 0.15) is 5.94 Å². The van der Waals surface area contributed by atoms with Crippen molar-refractivity contribution in [1.82, 2.24) is 0 Å². The van der Waals surface area contributed by atoms with E-state index in [0.717, 1.165) is 13.2 Å². The maximum atomic E-state index is 12.1. The van der Waals surface area contributed by atoms with Gasteiger partial charge in [0.15, 0.2) is 9.84 Å². The molecular weight excluding hydrogens is 190 g/mol. The minimum atomic E-state index is -3.21. The van der Waals surface area contributed by atoms with Crippen molar-refractivity contribution in [2.75, 3.05) is 18.8 Å². The maximum absolute atomic E-state index is 12.1. The van der Waals surface area contributed by atoms with Crippen LogP contribution in [-0.4, -0.2) is 33.1 Å². The van der Waals surface area contributed by atoms with E-state index in [4.69, 9.17) is 0 Å². The molecule has 0 aromatic carbocycles. The number of halogens is 2. The van der Waals surface area contributed by atoms with Crippen molar-refractivity contribution in [3.05, 3.63) is 0 Å². The zero-order valence-electron chi connectivity index (χ0n) is 7.01. The number of hydrogen-bond acceptors (Lipinski definition) is 3. The molecule has 0 bridgehead atoms. The highest BCUT2D eigenvalue weighted by Crippen LogP contribution is 2.15. The molecule has 12 heavy (non-hydrogen) atoms. The summed E-state index contributed by atoms with van der Waals surface area (Å²) in [6, 6.07) is 0. The van der Waals surface area contributed by atoms with Crippen molar-refractivity contribution in [2.45, 2.75) is 19.3 Å². The number of ether oxygens (including phenoxy) is 1. The molecule has 0 aromatic rings. The van der Waals surface area contributed by atoms with E-state index in [-0.39, 0.29) is 6.61 Å². The van der Waals surface area contributed by atoms with Gasteiger partial charge < -0.3 is 4.74 Å². The van der Waals surface area contributed by atoms with Crippen molar-refractivity contribution >= 4 is 9.84 Å². The summed E-state index contributed by atoms with van der Waals surface area (Å²) in [4.78, 5) is 0. The van der Waals surface area contributed by atoms with Gasteiger partial charge in [-0.05, 0) is 6.92 Å². The molecule has 0 spiro atoms. The highest BCUT2D eigenvalue weighted by Gasteiger charge is 2.20. The molecule has 0 rings (SSSR count). The Morgan fingerprint density at radius 2 is 1.92 bits per heavy atom. The Hall–Kier alpha value is -0.230. The first-order chi connectivity index (χ1) is 5.21. The van der Waals surface area contributed by atoms with Crippen molar-refractivity contribution < 1.29 is 21.9 Å². The summed E-state index contributed by atoms with van der Waals surface area (Å²) >= 11 is 0. The standard InChI is InChI=1S/C6H12F2O3S/c1-6(7,8)3-4-11-5-12(2,9)10/h3-5H2,1-2H3. The average molecular weight is 202 g/mol. The fourth-order valence-electron chi connectivity index (χ4n) is 0.462. The average Bonchev–Trinajstić information content (AvgIpc) is 1.76. The third-order valence-corrected chi connectivity index (χ3v) is 1.58. The van der Waals surface area contributed by atoms with Crippen molar-refractivity contribution in [3.8, 4) is 0 Å². The van der Waals surface area contributed by atoms with E-state index in [1.54, 1.807) is 0 Å². The van der Waals surface area contributed by atoms with Crippen LogP contribution in [0.15, 0.2) is 0 Å². The Bertz CT molecular complexity index is 217. The number of alkyl halides is 2. The Kier molecular flexibility index (Phi) is 4.05. The molecule has 0 aromatic heterocycles. The molecule has 0 saturated heterocycles. The predicted molar refractivity (Wildman–Crippen MR) is 40.9 cm³/mol. The van der Waals surface area contributed by atoms with Gasteiger partial charge in [0.05, 0.1) is 6.61 Å². The lowest BCUT2D eigenvalue weighted by atomic mass is 10.3. The van der Waals surface area contributed by atoms with Crippen molar-refractivity contribution in [3.63, 3.8) is 0 Å². The van der Waals surface area contributed by atoms with Crippen molar-refractivity contribution in [2.24, 2.45) is 0 Å². The fraction of sp³-hybridized carbons (Fsp3) is 1.00. The Labute approximate surface area is 70.6 Å². The van der Waals surface area contributed by atoms with Crippen LogP contribution in [0.1, 0.15) is 13.3 Å². The summed E-state index contributed by atoms with van der Waals surface area (Å²) in [6.45, 7) is 0.521. The van der Waals surface area contributed by atoms with Crippen LogP contribution in [0.5, 0.6) is 0 Å². The first-order valence-corrected chi connectivity index (χ1v) is 5.40. The number of sulfone groups is 1. The Morgan fingerprint density at radius 3 is 2.25 bits per heavy atom. The molecule has 0 atom stereocenters. The molecule has 0 amide bonds. The van der Waals surface area contributed by atoms with E-state index in [0.29, 0.717) is 0 Å². The van der Waals surface area contributed by atoms with Crippen LogP contribution >= 0.6 is 0 Å². The number of rotatable bonds is 5. The summed E-state index contributed by atoms with van der Waals surface area (Å²) in [5.41, 5.74) is 0. The molecule has 0 heterocycles. The third-order valence-electron chi connectivity index (χ3n) is 0.983. The first-order valence-electron chi connectivity index (χ1n) is 3.34. The van der Waals surface area contributed by atoms with E-state index >= 15 is 0 Å². The highest BCUT2D eigenvalue weighted by atomic mass is 32.2. The fourth-order valence-corrected chi connectivity index (χ4v) is 0.882. The maximum Gasteiger partial charge on any atom is 0.247 e. The normalized spacial score (nSPS) is 13.3. The first kappa shape index (κ1) is 11.8. The summed E-state index contributed by atoms with van der Waals surface area (Å²) in [7, 11) is -3.21. The Morgan fingerprint density at radius 1 is 1.42 bits per heavy atom. The molecule has 3 nitrogen and oxygen atoms in total. The number of hydrogen-bond donors (Lipinski definition) is 0. The van der Waals surface area contributed by atoms with Gasteiger partial charge in [0.25, 0.3) is 0 Å². The lowest BCUT2D eigenvalue weighted by Gasteiger charge is -2.09. The molecular formula is C6H12F2O3S. The van der Waals surface area contributed by atoms with Crippen LogP contribution < -0.4 is 0 Å². The second-order valence-corrected chi connectivity index (χ2v) is 4.86. The SMILES string of the molecule is CC(F)(F)CCOCS(C)(=O)=O.